The molecule has 27 heavy (non-hydrogen) atoms. The lowest BCUT2D eigenvalue weighted by Crippen LogP contribution is -2.38. The molecule has 0 aliphatic carbocycles. The minimum Gasteiger partial charge on any atom is -0.493 e. The number of nitrogens with zero attached hydrogens (tertiary/aromatic N) is 4. The molecule has 4 heterocycles. The van der Waals surface area contributed by atoms with Gasteiger partial charge in [-0.2, -0.15) is 0 Å². The van der Waals surface area contributed by atoms with Crippen molar-refractivity contribution in [3.8, 4) is 5.75 Å². The minimum absolute atomic E-state index is 0.0377. The van der Waals surface area contributed by atoms with E-state index in [9.17, 15) is 4.79 Å². The predicted molar refractivity (Wildman–Crippen MR) is 107 cm³/mol. The molecule has 0 saturated carbocycles. The third-order valence-electron chi connectivity index (χ3n) is 4.97. The molecule has 0 spiro atoms. The number of halogens is 1. The molecule has 1 saturated heterocycles. The first-order valence-electron chi connectivity index (χ1n) is 9.13. The van der Waals surface area contributed by atoms with E-state index in [2.05, 4.69) is 20.2 Å². The average Bonchev–Trinajstić information content (AvgIpc) is 3.10. The first-order chi connectivity index (χ1) is 13.1. The number of carbonyl (C=O) groups is 1. The second kappa shape index (κ2) is 7.90. The van der Waals surface area contributed by atoms with Crippen molar-refractivity contribution in [2.24, 2.45) is 0 Å². The fourth-order valence-electron chi connectivity index (χ4n) is 3.47. The number of thiazole rings is 1. The van der Waals surface area contributed by atoms with Crippen molar-refractivity contribution in [3.63, 3.8) is 0 Å². The molecule has 9 heteroatoms. The van der Waals surface area contributed by atoms with E-state index >= 15 is 0 Å². The van der Waals surface area contributed by atoms with Gasteiger partial charge in [0, 0.05) is 37.0 Å². The molecule has 4 rings (SSSR count). The van der Waals surface area contributed by atoms with Crippen molar-refractivity contribution in [3.05, 3.63) is 28.0 Å². The van der Waals surface area contributed by atoms with Gasteiger partial charge in [0.05, 0.1) is 31.2 Å². The van der Waals surface area contributed by atoms with Gasteiger partial charge in [0.15, 0.2) is 16.0 Å². The van der Waals surface area contributed by atoms with E-state index in [0.717, 1.165) is 56.8 Å². The topological polar surface area (TPSA) is 70.6 Å². The van der Waals surface area contributed by atoms with Crippen molar-refractivity contribution in [2.75, 3.05) is 37.0 Å². The van der Waals surface area contributed by atoms with Crippen LogP contribution in [0.15, 0.2) is 12.3 Å². The molecule has 1 N–H and O–H groups in total. The highest BCUT2D eigenvalue weighted by Gasteiger charge is 2.24. The first-order valence-corrected chi connectivity index (χ1v) is 10.3. The van der Waals surface area contributed by atoms with Gasteiger partial charge in [0.2, 0.25) is 0 Å². The van der Waals surface area contributed by atoms with Crippen LogP contribution in [0.4, 0.5) is 15.6 Å². The van der Waals surface area contributed by atoms with Gasteiger partial charge < -0.3 is 14.5 Å². The summed E-state index contributed by atoms with van der Waals surface area (Å²) in [6.45, 7) is 3.23. The SMILES string of the molecule is COc1cc(N2CCc3nc(NC(=O)N4CCCCC4)sc3C2)cnc1Cl. The standard InChI is InChI=1S/C18H22ClN5O2S/c1-26-14-9-12(10-20-16(14)19)24-8-5-13-15(11-24)27-17(21-13)22-18(25)23-6-3-2-4-7-23/h9-10H,2-8,11H2,1H3,(H,21,22,25). The van der Waals surface area contributed by atoms with Gasteiger partial charge >= 0.3 is 6.03 Å². The third-order valence-corrected chi connectivity index (χ3v) is 6.25. The van der Waals surface area contributed by atoms with Crippen molar-refractivity contribution < 1.29 is 9.53 Å². The average molecular weight is 408 g/mol. The van der Waals surface area contributed by atoms with E-state index in [0.29, 0.717) is 16.0 Å². The van der Waals surface area contributed by atoms with Crippen molar-refractivity contribution >= 4 is 39.8 Å². The number of pyridine rings is 1. The van der Waals surface area contributed by atoms with Gasteiger partial charge in [0.1, 0.15) is 0 Å². The lowest BCUT2D eigenvalue weighted by atomic mass is 10.1. The number of methoxy groups -OCH3 is 1. The van der Waals surface area contributed by atoms with Crippen LogP contribution in [-0.4, -0.2) is 47.6 Å². The van der Waals surface area contributed by atoms with Crippen LogP contribution in [0.5, 0.6) is 5.75 Å². The van der Waals surface area contributed by atoms with Crippen molar-refractivity contribution in [2.45, 2.75) is 32.2 Å². The molecule has 0 bridgehead atoms. The van der Waals surface area contributed by atoms with Crippen LogP contribution >= 0.6 is 22.9 Å². The highest BCUT2D eigenvalue weighted by molar-refractivity contribution is 7.15. The number of ether oxygens (including phenoxy) is 1. The summed E-state index contributed by atoms with van der Waals surface area (Å²) in [5.74, 6) is 0.568. The van der Waals surface area contributed by atoms with E-state index in [4.69, 9.17) is 16.3 Å². The number of aromatic nitrogens is 2. The number of likely N-dealkylation sites (tertiary alicyclic amines) is 1. The van der Waals surface area contributed by atoms with E-state index in [1.807, 2.05) is 11.0 Å². The predicted octanol–water partition coefficient (Wildman–Crippen LogP) is 3.78. The molecule has 1 fully saturated rings. The van der Waals surface area contributed by atoms with Gasteiger partial charge in [-0.15, -0.1) is 0 Å². The fourth-order valence-corrected chi connectivity index (χ4v) is 4.66. The summed E-state index contributed by atoms with van der Waals surface area (Å²) in [7, 11) is 1.58. The summed E-state index contributed by atoms with van der Waals surface area (Å²) in [4.78, 5) is 26.5. The fraction of sp³-hybridized carbons (Fsp3) is 0.500. The number of carbonyl (C=O) groups excluding carboxylic acids is 1. The molecular formula is C18H22ClN5O2S. The zero-order chi connectivity index (χ0) is 18.8. The molecule has 0 radical (unpaired) electrons. The molecule has 144 valence electrons. The maximum absolute atomic E-state index is 12.4. The van der Waals surface area contributed by atoms with Crippen LogP contribution in [0.2, 0.25) is 5.15 Å². The zero-order valence-corrected chi connectivity index (χ0v) is 16.8. The molecule has 0 aromatic carbocycles. The maximum Gasteiger partial charge on any atom is 0.323 e. The van der Waals surface area contributed by atoms with Gasteiger partial charge in [0.25, 0.3) is 0 Å². The highest BCUT2D eigenvalue weighted by atomic mass is 35.5. The molecule has 2 aromatic rings. The third kappa shape index (κ3) is 3.96. The Hall–Kier alpha value is -2.06. The zero-order valence-electron chi connectivity index (χ0n) is 15.2. The Balaban J connectivity index is 1.45. The molecule has 2 amide bonds. The maximum atomic E-state index is 12.4. The number of hydrogen-bond acceptors (Lipinski definition) is 6. The summed E-state index contributed by atoms with van der Waals surface area (Å²) in [5.41, 5.74) is 2.04. The Morgan fingerprint density at radius 1 is 1.30 bits per heavy atom. The van der Waals surface area contributed by atoms with Crippen LogP contribution in [0.25, 0.3) is 0 Å². The summed E-state index contributed by atoms with van der Waals surface area (Å²) in [5, 5.41) is 4.02. The quantitative estimate of drug-likeness (QED) is 0.784. The lowest BCUT2D eigenvalue weighted by Gasteiger charge is -2.28. The molecule has 0 atom stereocenters. The van der Waals surface area contributed by atoms with Crippen LogP contribution in [-0.2, 0) is 13.0 Å². The Morgan fingerprint density at radius 3 is 2.89 bits per heavy atom. The number of nitrogens with one attached hydrogen (secondary N) is 1. The summed E-state index contributed by atoms with van der Waals surface area (Å²) >= 11 is 7.58. The Kier molecular flexibility index (Phi) is 5.36. The minimum atomic E-state index is -0.0377. The van der Waals surface area contributed by atoms with Gasteiger partial charge in [-0.3, -0.25) is 5.32 Å². The highest BCUT2D eigenvalue weighted by Crippen LogP contribution is 2.33. The molecule has 2 aliphatic rings. The summed E-state index contributed by atoms with van der Waals surface area (Å²) in [6.07, 6.45) is 5.95. The first kappa shape index (κ1) is 18.3. The monoisotopic (exact) mass is 407 g/mol. The number of urea groups is 1. The van der Waals surface area contributed by atoms with Crippen LogP contribution in [0.3, 0.4) is 0 Å². The second-order valence-electron chi connectivity index (χ2n) is 6.72. The molecule has 0 unspecified atom stereocenters. The van der Waals surface area contributed by atoms with Crippen molar-refractivity contribution in [1.29, 1.82) is 0 Å². The normalized spacial score (nSPS) is 16.8. The van der Waals surface area contributed by atoms with Gasteiger partial charge in [-0.25, -0.2) is 14.8 Å². The van der Waals surface area contributed by atoms with Crippen molar-refractivity contribution in [1.82, 2.24) is 14.9 Å². The van der Waals surface area contributed by atoms with Gasteiger partial charge in [-0.05, 0) is 19.3 Å². The Labute approximate surface area is 167 Å². The molecular weight excluding hydrogens is 386 g/mol. The molecule has 2 aliphatic heterocycles. The van der Waals surface area contributed by atoms with Crippen LogP contribution < -0.4 is 15.0 Å². The number of rotatable bonds is 3. The molecule has 7 nitrogen and oxygen atoms in total. The number of hydrogen-bond donors (Lipinski definition) is 1. The summed E-state index contributed by atoms with van der Waals surface area (Å²) in [6, 6.07) is 1.87. The Bertz CT molecular complexity index is 837. The lowest BCUT2D eigenvalue weighted by molar-refractivity contribution is 0.200. The Morgan fingerprint density at radius 2 is 2.11 bits per heavy atom. The molecule has 2 aromatic heterocycles. The smallest absolute Gasteiger partial charge is 0.323 e. The number of anilines is 2. The van der Waals surface area contributed by atoms with E-state index in [1.165, 1.54) is 11.3 Å². The van der Waals surface area contributed by atoms with Crippen LogP contribution in [0.1, 0.15) is 29.8 Å². The number of piperidine rings is 1. The van der Waals surface area contributed by atoms with E-state index < -0.39 is 0 Å². The number of fused-ring (bicyclic) bond motifs is 1. The van der Waals surface area contributed by atoms with Crippen LogP contribution in [0, 0.1) is 0 Å². The van der Waals surface area contributed by atoms with E-state index in [1.54, 1.807) is 24.6 Å². The van der Waals surface area contributed by atoms with Gasteiger partial charge in [-0.1, -0.05) is 22.9 Å². The second-order valence-corrected chi connectivity index (χ2v) is 8.17. The largest absolute Gasteiger partial charge is 0.493 e. The number of amides is 2. The summed E-state index contributed by atoms with van der Waals surface area (Å²) < 4.78 is 5.27. The van der Waals surface area contributed by atoms with E-state index in [-0.39, 0.29) is 6.03 Å².